The molecule has 0 N–H and O–H groups in total. The van der Waals surface area contributed by atoms with Gasteiger partial charge in [-0.25, -0.2) is 8.42 Å². The summed E-state index contributed by atoms with van der Waals surface area (Å²) in [5.41, 5.74) is 3.06. The number of aromatic nitrogens is 2. The summed E-state index contributed by atoms with van der Waals surface area (Å²) in [6.07, 6.45) is 4.01. The SMILES string of the molecule is Cc1nc(-c2cccc(S(=O)(=O)N3CCC(C(=O)N4CC=C(c5ccccc5)CC4)CC3)c2)no1. The van der Waals surface area contributed by atoms with Crippen LogP contribution in [-0.4, -0.2) is 59.8 Å². The Morgan fingerprint density at radius 1 is 1.00 bits per heavy atom. The standard InChI is InChI=1S/C26H28N4O4S/c1-19-27-25(28-34-19)23-8-5-9-24(18-23)35(32,33)30-16-12-22(13-17-30)26(31)29-14-10-21(11-15-29)20-6-3-2-4-7-20/h2-10,18,22H,11-17H2,1H3. The smallest absolute Gasteiger partial charge is 0.243 e. The van der Waals surface area contributed by atoms with Gasteiger partial charge < -0.3 is 9.42 Å². The summed E-state index contributed by atoms with van der Waals surface area (Å²) in [5, 5.41) is 3.88. The van der Waals surface area contributed by atoms with Gasteiger partial charge in [-0.2, -0.15) is 9.29 Å². The van der Waals surface area contributed by atoms with Gasteiger partial charge in [0.15, 0.2) is 0 Å². The van der Waals surface area contributed by atoms with Crippen LogP contribution in [0, 0.1) is 12.8 Å². The Labute approximate surface area is 205 Å². The molecule has 5 rings (SSSR count). The normalized spacial score (nSPS) is 17.9. The number of aryl methyl sites for hydroxylation is 1. The first-order chi connectivity index (χ1) is 16.9. The summed E-state index contributed by atoms with van der Waals surface area (Å²) in [7, 11) is -3.68. The molecule has 1 amide bonds. The Bertz CT molecular complexity index is 1340. The van der Waals surface area contributed by atoms with Crippen molar-refractivity contribution in [3.05, 3.63) is 72.1 Å². The fourth-order valence-corrected chi connectivity index (χ4v) is 6.26. The van der Waals surface area contributed by atoms with Crippen molar-refractivity contribution >= 4 is 21.5 Å². The van der Waals surface area contributed by atoms with E-state index in [-0.39, 0.29) is 16.7 Å². The zero-order valence-electron chi connectivity index (χ0n) is 19.6. The van der Waals surface area contributed by atoms with Crippen molar-refractivity contribution in [2.24, 2.45) is 5.92 Å². The number of benzene rings is 2. The van der Waals surface area contributed by atoms with Crippen LogP contribution in [0.2, 0.25) is 0 Å². The van der Waals surface area contributed by atoms with Crippen molar-refractivity contribution in [2.45, 2.75) is 31.1 Å². The lowest BCUT2D eigenvalue weighted by Crippen LogP contribution is -2.45. The number of sulfonamides is 1. The third kappa shape index (κ3) is 4.92. The van der Waals surface area contributed by atoms with Gasteiger partial charge in [0.1, 0.15) is 0 Å². The van der Waals surface area contributed by atoms with E-state index in [1.807, 2.05) is 23.1 Å². The number of carbonyl (C=O) groups excluding carboxylic acids is 1. The topological polar surface area (TPSA) is 96.6 Å². The molecule has 8 nitrogen and oxygen atoms in total. The van der Waals surface area contributed by atoms with Crippen molar-refractivity contribution in [1.29, 1.82) is 0 Å². The molecule has 2 aromatic carbocycles. The Balaban J connectivity index is 1.21. The fourth-order valence-electron chi connectivity index (χ4n) is 4.75. The second-order valence-electron chi connectivity index (χ2n) is 8.97. The quantitative estimate of drug-likeness (QED) is 0.538. The molecule has 1 fully saturated rings. The fraction of sp³-hybridized carbons (Fsp3) is 0.346. The third-order valence-electron chi connectivity index (χ3n) is 6.73. The van der Waals surface area contributed by atoms with Gasteiger partial charge in [0.25, 0.3) is 0 Å². The Morgan fingerprint density at radius 3 is 2.40 bits per heavy atom. The first-order valence-electron chi connectivity index (χ1n) is 11.9. The molecule has 0 spiro atoms. The molecule has 3 aromatic rings. The van der Waals surface area contributed by atoms with Crippen molar-refractivity contribution in [2.75, 3.05) is 26.2 Å². The Hall–Kier alpha value is -3.30. The monoisotopic (exact) mass is 492 g/mol. The first-order valence-corrected chi connectivity index (χ1v) is 13.3. The number of piperidine rings is 1. The lowest BCUT2D eigenvalue weighted by atomic mass is 9.94. The molecule has 0 saturated carbocycles. The summed E-state index contributed by atoms with van der Waals surface area (Å²) < 4.78 is 33.1. The summed E-state index contributed by atoms with van der Waals surface area (Å²) >= 11 is 0. The molecule has 2 aliphatic heterocycles. The minimum atomic E-state index is -3.68. The molecule has 182 valence electrons. The van der Waals surface area contributed by atoms with Crippen molar-refractivity contribution in [3.8, 4) is 11.4 Å². The van der Waals surface area contributed by atoms with E-state index in [1.54, 1.807) is 31.2 Å². The molecule has 2 aliphatic rings. The maximum atomic E-state index is 13.3. The van der Waals surface area contributed by atoms with Crippen LogP contribution < -0.4 is 0 Å². The summed E-state index contributed by atoms with van der Waals surface area (Å²) in [6, 6.07) is 16.8. The van der Waals surface area contributed by atoms with Crippen molar-refractivity contribution in [3.63, 3.8) is 0 Å². The van der Waals surface area contributed by atoms with Gasteiger partial charge in [0, 0.05) is 44.6 Å². The maximum absolute atomic E-state index is 13.3. The van der Waals surface area contributed by atoms with E-state index < -0.39 is 10.0 Å². The Kier molecular flexibility index (Phi) is 6.53. The molecule has 0 aliphatic carbocycles. The van der Waals surface area contributed by atoms with Crippen LogP contribution in [0.15, 0.2) is 70.1 Å². The highest BCUT2D eigenvalue weighted by Gasteiger charge is 2.34. The molecule has 0 atom stereocenters. The van der Waals surface area contributed by atoms with Crippen LogP contribution >= 0.6 is 0 Å². The molecule has 0 unspecified atom stereocenters. The Morgan fingerprint density at radius 2 is 1.74 bits per heavy atom. The van der Waals surface area contributed by atoms with Crippen LogP contribution in [-0.2, 0) is 14.8 Å². The molecule has 1 saturated heterocycles. The van der Waals surface area contributed by atoms with Crippen LogP contribution in [0.4, 0.5) is 0 Å². The molecule has 3 heterocycles. The molecular formula is C26H28N4O4S. The first kappa shape index (κ1) is 23.4. The number of hydrogen-bond donors (Lipinski definition) is 0. The minimum Gasteiger partial charge on any atom is -0.339 e. The van der Waals surface area contributed by atoms with E-state index in [4.69, 9.17) is 4.52 Å². The van der Waals surface area contributed by atoms with Gasteiger partial charge in [-0.1, -0.05) is 53.7 Å². The zero-order valence-corrected chi connectivity index (χ0v) is 20.4. The van der Waals surface area contributed by atoms with Gasteiger partial charge in [-0.3, -0.25) is 4.79 Å². The lowest BCUT2D eigenvalue weighted by molar-refractivity contribution is -0.136. The highest BCUT2D eigenvalue weighted by atomic mass is 32.2. The largest absolute Gasteiger partial charge is 0.339 e. The zero-order chi connectivity index (χ0) is 24.4. The highest BCUT2D eigenvalue weighted by molar-refractivity contribution is 7.89. The predicted octanol–water partition coefficient (Wildman–Crippen LogP) is 3.76. The van der Waals surface area contributed by atoms with E-state index >= 15 is 0 Å². The van der Waals surface area contributed by atoms with Gasteiger partial charge in [0.05, 0.1) is 4.90 Å². The molecule has 9 heteroatoms. The second kappa shape index (κ2) is 9.75. The summed E-state index contributed by atoms with van der Waals surface area (Å²) in [6.45, 7) is 3.63. The third-order valence-corrected chi connectivity index (χ3v) is 8.62. The van der Waals surface area contributed by atoms with Crippen molar-refractivity contribution in [1.82, 2.24) is 19.3 Å². The van der Waals surface area contributed by atoms with E-state index in [0.717, 1.165) is 6.42 Å². The van der Waals surface area contributed by atoms with Gasteiger partial charge in [-0.15, -0.1) is 0 Å². The number of amides is 1. The minimum absolute atomic E-state index is 0.125. The number of nitrogens with zero attached hydrogens (tertiary/aromatic N) is 4. The highest BCUT2D eigenvalue weighted by Crippen LogP contribution is 2.29. The van der Waals surface area contributed by atoms with Gasteiger partial charge >= 0.3 is 0 Å². The van der Waals surface area contributed by atoms with Gasteiger partial charge in [-0.05, 0) is 42.5 Å². The summed E-state index contributed by atoms with van der Waals surface area (Å²) in [5.74, 6) is 0.747. The van der Waals surface area contributed by atoms with Crippen molar-refractivity contribution < 1.29 is 17.7 Å². The summed E-state index contributed by atoms with van der Waals surface area (Å²) in [4.78, 5) is 19.4. The molecular weight excluding hydrogens is 464 g/mol. The average Bonchev–Trinajstić information content (AvgIpc) is 3.35. The number of hydrogen-bond acceptors (Lipinski definition) is 6. The van der Waals surface area contributed by atoms with Crippen LogP contribution in [0.3, 0.4) is 0 Å². The number of rotatable bonds is 5. The lowest BCUT2D eigenvalue weighted by Gasteiger charge is -2.35. The molecule has 35 heavy (non-hydrogen) atoms. The van der Waals surface area contributed by atoms with Gasteiger partial charge in [0.2, 0.25) is 27.6 Å². The van der Waals surface area contributed by atoms with E-state index in [0.29, 0.717) is 56.3 Å². The van der Waals surface area contributed by atoms with E-state index in [2.05, 4.69) is 28.3 Å². The van der Waals surface area contributed by atoms with E-state index in [9.17, 15) is 13.2 Å². The molecule has 0 bridgehead atoms. The average molecular weight is 493 g/mol. The predicted molar refractivity (Wildman–Crippen MR) is 132 cm³/mol. The van der Waals surface area contributed by atoms with Crippen LogP contribution in [0.5, 0.6) is 0 Å². The van der Waals surface area contributed by atoms with Crippen LogP contribution in [0.25, 0.3) is 17.0 Å². The molecule has 1 aromatic heterocycles. The maximum Gasteiger partial charge on any atom is 0.243 e. The second-order valence-corrected chi connectivity index (χ2v) is 10.9. The van der Waals surface area contributed by atoms with E-state index in [1.165, 1.54) is 15.4 Å². The molecule has 0 radical (unpaired) electrons. The number of carbonyl (C=O) groups is 1. The van der Waals surface area contributed by atoms with Crippen LogP contribution in [0.1, 0.15) is 30.7 Å².